The molecular formula is C55H48N2OPt. The minimum atomic E-state index is -0.752. The van der Waals surface area contributed by atoms with E-state index in [0.717, 1.165) is 38.9 Å². The molecule has 294 valence electrons. The number of fused-ring (bicyclic) bond motifs is 4. The van der Waals surface area contributed by atoms with E-state index in [0.29, 0.717) is 11.5 Å². The standard InChI is InChI=1S/C55H48N2O.Pt/c1-35-15-13-16-36(2)52(35)40-27-39(50-30-37-17-9-10-18-38(37)34-57-50)28-45(29-40)58-44-20-14-19-43(31-44)55(51-21-11-12-26-56-51)48-32-41(53(3,4)5)22-24-46(48)47-25-23-42(33-49(47)55)54(6,7)8;/h9-27,29-30,32-34H,1-8H3;/q-2;+2. The smallest absolute Gasteiger partial charge is 0.503 e. The van der Waals surface area contributed by atoms with Crippen molar-refractivity contribution in [2.75, 3.05) is 0 Å². The van der Waals surface area contributed by atoms with Gasteiger partial charge in [0.1, 0.15) is 0 Å². The van der Waals surface area contributed by atoms with Gasteiger partial charge in [0.2, 0.25) is 0 Å². The van der Waals surface area contributed by atoms with E-state index in [9.17, 15) is 0 Å². The Morgan fingerprint density at radius 3 is 1.81 bits per heavy atom. The Kier molecular flexibility index (Phi) is 10.3. The summed E-state index contributed by atoms with van der Waals surface area (Å²) in [6, 6.07) is 55.2. The fourth-order valence-electron chi connectivity index (χ4n) is 8.77. The topological polar surface area (TPSA) is 35.0 Å². The number of benzene rings is 6. The van der Waals surface area contributed by atoms with Gasteiger partial charge in [-0.25, -0.2) is 0 Å². The Morgan fingerprint density at radius 2 is 1.19 bits per heavy atom. The van der Waals surface area contributed by atoms with Crippen LogP contribution in [0.1, 0.15) is 86.2 Å². The molecule has 1 aliphatic carbocycles. The van der Waals surface area contributed by atoms with Crippen LogP contribution in [0.15, 0.2) is 146 Å². The summed E-state index contributed by atoms with van der Waals surface area (Å²) in [4.78, 5) is 10.1. The summed E-state index contributed by atoms with van der Waals surface area (Å²) in [5, 5.41) is 2.23. The fraction of sp³-hybridized carbons (Fsp3) is 0.200. The average Bonchev–Trinajstić information content (AvgIpc) is 3.50. The van der Waals surface area contributed by atoms with Crippen molar-refractivity contribution in [2.24, 2.45) is 0 Å². The van der Waals surface area contributed by atoms with Crippen LogP contribution in [0.2, 0.25) is 0 Å². The van der Waals surface area contributed by atoms with Gasteiger partial charge >= 0.3 is 21.1 Å². The summed E-state index contributed by atoms with van der Waals surface area (Å²) in [6.45, 7) is 18.0. The molecule has 4 heteroatoms. The molecular weight excluding hydrogens is 900 g/mol. The summed E-state index contributed by atoms with van der Waals surface area (Å²) < 4.78 is 6.92. The van der Waals surface area contributed by atoms with Crippen LogP contribution in [0.25, 0.3) is 44.3 Å². The van der Waals surface area contributed by atoms with Gasteiger partial charge < -0.3 is 9.72 Å². The Morgan fingerprint density at radius 1 is 0.559 bits per heavy atom. The van der Waals surface area contributed by atoms with Crippen LogP contribution in [0, 0.1) is 26.0 Å². The maximum atomic E-state index is 6.92. The molecule has 0 unspecified atom stereocenters. The van der Waals surface area contributed by atoms with Crippen molar-refractivity contribution in [1.82, 2.24) is 9.97 Å². The summed E-state index contributed by atoms with van der Waals surface area (Å²) in [7, 11) is 0. The molecule has 0 bridgehead atoms. The molecule has 0 N–H and O–H groups in total. The second-order valence-corrected chi connectivity index (χ2v) is 17.8. The van der Waals surface area contributed by atoms with Gasteiger partial charge in [-0.1, -0.05) is 150 Å². The van der Waals surface area contributed by atoms with Gasteiger partial charge in [0.05, 0.1) is 11.1 Å². The third-order valence-electron chi connectivity index (χ3n) is 11.8. The molecule has 0 amide bonds. The molecule has 0 spiro atoms. The molecule has 1 aliphatic rings. The summed E-state index contributed by atoms with van der Waals surface area (Å²) >= 11 is 0. The van der Waals surface area contributed by atoms with Gasteiger partial charge in [0.15, 0.2) is 0 Å². The van der Waals surface area contributed by atoms with Crippen molar-refractivity contribution in [3.8, 4) is 45.0 Å². The van der Waals surface area contributed by atoms with E-state index in [1.54, 1.807) is 0 Å². The molecule has 3 nitrogen and oxygen atoms in total. The molecule has 0 saturated carbocycles. The number of nitrogens with zero attached hydrogens (tertiary/aromatic N) is 2. The van der Waals surface area contributed by atoms with Crippen LogP contribution in [-0.2, 0) is 37.3 Å². The number of rotatable bonds is 6. The Labute approximate surface area is 363 Å². The SMILES string of the molecule is Cc1cccc(C)c1-c1cc(Oc2[c-]c(C3(c4ccccn4)c4cc(C(C)(C)C)ccc4-c4ccc(C(C)(C)C)cc43)ccc2)[c-]c(-c2cc3ccccc3cn2)c1.[Pt+2]. The number of hydrogen-bond donors (Lipinski definition) is 0. The van der Waals surface area contributed by atoms with E-state index in [-0.39, 0.29) is 31.9 Å². The van der Waals surface area contributed by atoms with Gasteiger partial charge in [0, 0.05) is 23.9 Å². The van der Waals surface area contributed by atoms with Gasteiger partial charge in [-0.05, 0) is 103 Å². The van der Waals surface area contributed by atoms with Gasteiger partial charge in [-0.2, -0.15) is 12.1 Å². The Balaban J connectivity index is 0.00000484. The molecule has 2 heterocycles. The number of ether oxygens (including phenoxy) is 1. The second kappa shape index (κ2) is 15.2. The maximum Gasteiger partial charge on any atom is 2.00 e. The monoisotopic (exact) mass is 947 g/mol. The van der Waals surface area contributed by atoms with E-state index < -0.39 is 5.41 Å². The molecule has 2 aromatic heterocycles. The molecule has 0 aliphatic heterocycles. The Bertz CT molecular complexity index is 2780. The van der Waals surface area contributed by atoms with Crippen molar-refractivity contribution in [1.29, 1.82) is 0 Å². The summed E-state index contributed by atoms with van der Waals surface area (Å²) in [5.74, 6) is 1.21. The van der Waals surface area contributed by atoms with E-state index in [1.165, 1.54) is 50.1 Å². The van der Waals surface area contributed by atoms with Crippen LogP contribution in [0.4, 0.5) is 0 Å². The van der Waals surface area contributed by atoms with E-state index in [1.807, 2.05) is 30.6 Å². The molecule has 0 atom stereocenters. The predicted molar refractivity (Wildman–Crippen MR) is 239 cm³/mol. The zero-order valence-electron chi connectivity index (χ0n) is 35.0. The van der Waals surface area contributed by atoms with Crippen molar-refractivity contribution < 1.29 is 25.8 Å². The van der Waals surface area contributed by atoms with Crippen molar-refractivity contribution >= 4 is 10.8 Å². The molecule has 59 heavy (non-hydrogen) atoms. The third kappa shape index (κ3) is 7.14. The largest absolute Gasteiger partial charge is 2.00 e. The minimum Gasteiger partial charge on any atom is -0.503 e. The zero-order valence-corrected chi connectivity index (χ0v) is 37.2. The fourth-order valence-corrected chi connectivity index (χ4v) is 8.77. The first-order valence-electron chi connectivity index (χ1n) is 20.2. The normalized spacial score (nSPS) is 13.1. The number of aryl methyl sites for hydroxylation is 2. The predicted octanol–water partition coefficient (Wildman–Crippen LogP) is 13.9. The van der Waals surface area contributed by atoms with Gasteiger partial charge in [-0.3, -0.25) is 4.98 Å². The average molecular weight is 948 g/mol. The first-order chi connectivity index (χ1) is 27.8. The second-order valence-electron chi connectivity index (χ2n) is 17.8. The summed E-state index contributed by atoms with van der Waals surface area (Å²) in [5.41, 5.74) is 14.8. The number of hydrogen-bond acceptors (Lipinski definition) is 3. The van der Waals surface area contributed by atoms with Crippen molar-refractivity contribution in [3.05, 3.63) is 203 Å². The first kappa shape index (κ1) is 40.2. The minimum absolute atomic E-state index is 0. The molecule has 9 rings (SSSR count). The maximum absolute atomic E-state index is 6.92. The zero-order chi connectivity index (χ0) is 40.4. The van der Waals surface area contributed by atoms with E-state index in [2.05, 4.69) is 183 Å². The van der Waals surface area contributed by atoms with E-state index in [4.69, 9.17) is 14.7 Å². The Hall–Kier alpha value is -5.63. The van der Waals surface area contributed by atoms with Crippen molar-refractivity contribution in [3.63, 3.8) is 0 Å². The van der Waals surface area contributed by atoms with Gasteiger partial charge in [-0.15, -0.1) is 29.3 Å². The molecule has 0 saturated heterocycles. The van der Waals surface area contributed by atoms with Crippen LogP contribution < -0.4 is 4.74 Å². The van der Waals surface area contributed by atoms with Crippen LogP contribution in [0.3, 0.4) is 0 Å². The molecule has 8 aromatic rings. The van der Waals surface area contributed by atoms with Crippen LogP contribution in [0.5, 0.6) is 11.5 Å². The third-order valence-corrected chi connectivity index (χ3v) is 11.8. The van der Waals surface area contributed by atoms with Crippen LogP contribution in [-0.4, -0.2) is 9.97 Å². The van der Waals surface area contributed by atoms with Gasteiger partial charge in [0.25, 0.3) is 0 Å². The number of pyridine rings is 2. The summed E-state index contributed by atoms with van der Waals surface area (Å²) in [6.07, 6.45) is 3.85. The van der Waals surface area contributed by atoms with Crippen LogP contribution >= 0.6 is 0 Å². The molecule has 0 radical (unpaired) electrons. The molecule has 6 aromatic carbocycles. The molecule has 0 fully saturated rings. The quantitative estimate of drug-likeness (QED) is 0.156. The van der Waals surface area contributed by atoms with Crippen molar-refractivity contribution in [2.45, 2.75) is 71.6 Å². The van der Waals surface area contributed by atoms with E-state index >= 15 is 0 Å². The first-order valence-corrected chi connectivity index (χ1v) is 20.2. The number of aromatic nitrogens is 2.